The summed E-state index contributed by atoms with van der Waals surface area (Å²) in [5.41, 5.74) is 1.99. The van der Waals surface area contributed by atoms with Crippen LogP contribution in [0.4, 0.5) is 0 Å². The van der Waals surface area contributed by atoms with Gasteiger partial charge in [0.15, 0.2) is 19.6 Å². The molecule has 0 amide bonds. The van der Waals surface area contributed by atoms with Crippen molar-refractivity contribution in [2.45, 2.75) is 19.6 Å². The second kappa shape index (κ2) is 9.48. The summed E-state index contributed by atoms with van der Waals surface area (Å²) in [6.07, 6.45) is 0. The van der Waals surface area contributed by atoms with E-state index in [0.717, 1.165) is 20.9 Å². The Labute approximate surface area is 191 Å². The molecule has 2 unspecified atom stereocenters. The van der Waals surface area contributed by atoms with E-state index in [1.807, 2.05) is 48.5 Å². The molecule has 0 aliphatic heterocycles. The summed E-state index contributed by atoms with van der Waals surface area (Å²) in [5, 5.41) is 1.23. The number of halogens is 2. The number of rotatable bonds is 5. The molecule has 0 aliphatic carbocycles. The van der Waals surface area contributed by atoms with E-state index in [1.165, 1.54) is 0 Å². The summed E-state index contributed by atoms with van der Waals surface area (Å²) < 4.78 is 25.4. The van der Waals surface area contributed by atoms with E-state index >= 15 is 0 Å². The Hall–Kier alpha value is -1.92. The van der Waals surface area contributed by atoms with Crippen LogP contribution in [0.15, 0.2) is 117 Å². The van der Waals surface area contributed by atoms with Crippen LogP contribution < -0.4 is 0 Å². The van der Waals surface area contributed by atoms with Gasteiger partial charge in [-0.2, -0.15) is 0 Å². The van der Waals surface area contributed by atoms with Crippen molar-refractivity contribution in [2.24, 2.45) is 0 Å². The molecule has 4 aromatic carbocycles. The van der Waals surface area contributed by atoms with Gasteiger partial charge < -0.3 is 9.11 Å². The van der Waals surface area contributed by atoms with Crippen molar-refractivity contribution in [2.75, 3.05) is 0 Å². The quantitative estimate of drug-likeness (QED) is 0.295. The third-order valence-electron chi connectivity index (χ3n) is 4.53. The minimum atomic E-state index is -1.26. The van der Waals surface area contributed by atoms with Crippen LogP contribution >= 0.6 is 23.2 Å². The van der Waals surface area contributed by atoms with Gasteiger partial charge in [0.2, 0.25) is 0 Å². The van der Waals surface area contributed by atoms with Gasteiger partial charge in [-0.15, -0.1) is 0 Å². The molecule has 0 fully saturated rings. The molecule has 30 heavy (non-hydrogen) atoms. The van der Waals surface area contributed by atoms with Crippen LogP contribution in [-0.2, 0) is 22.4 Å². The van der Waals surface area contributed by atoms with E-state index in [0.29, 0.717) is 19.8 Å². The van der Waals surface area contributed by atoms with Gasteiger partial charge in [-0.25, -0.2) is 0 Å². The molecule has 0 radical (unpaired) electrons. The molecule has 6 heteroatoms. The molecule has 0 aliphatic rings. The first-order chi connectivity index (χ1) is 14.5. The summed E-state index contributed by atoms with van der Waals surface area (Å²) in [6.45, 7) is 0. The highest BCUT2D eigenvalue weighted by molar-refractivity contribution is 7.91. The van der Waals surface area contributed by atoms with Crippen molar-refractivity contribution in [1.29, 1.82) is 0 Å². The van der Waals surface area contributed by atoms with E-state index in [2.05, 4.69) is 0 Å². The Balaban J connectivity index is 1.50. The Morgan fingerprint density at radius 3 is 0.900 bits per heavy atom. The van der Waals surface area contributed by atoms with Crippen molar-refractivity contribution in [3.05, 3.63) is 107 Å². The Bertz CT molecular complexity index is 1020. The van der Waals surface area contributed by atoms with Crippen molar-refractivity contribution < 1.29 is 9.11 Å². The van der Waals surface area contributed by atoms with E-state index in [-0.39, 0.29) is 0 Å². The highest BCUT2D eigenvalue weighted by Crippen LogP contribution is 2.28. The number of hydrogen-bond donors (Lipinski definition) is 0. The number of benzene rings is 4. The van der Waals surface area contributed by atoms with E-state index in [9.17, 15) is 9.11 Å². The molecule has 0 N–H and O–H groups in total. The molecule has 0 heterocycles. The zero-order valence-electron chi connectivity index (χ0n) is 15.6. The lowest BCUT2D eigenvalue weighted by Crippen LogP contribution is -2.02. The minimum Gasteiger partial charge on any atom is -0.606 e. The average molecular weight is 471 g/mol. The standard InChI is InChI=1S/C24H16Cl2O2S2/c25-19-5-13-23(14-6-19)29(27)21-9-1-17(2-10-21)18-3-11-22(12-4-18)30(28)24-15-7-20(26)8-16-24/h1-16H. The number of hydrogen-bond acceptors (Lipinski definition) is 2. The fraction of sp³-hybridized carbons (Fsp3) is 0. The van der Waals surface area contributed by atoms with Crippen LogP contribution in [0.25, 0.3) is 11.1 Å². The molecule has 4 aromatic rings. The van der Waals surface area contributed by atoms with Gasteiger partial charge in [0.25, 0.3) is 0 Å². The van der Waals surface area contributed by atoms with Gasteiger partial charge in [-0.1, -0.05) is 23.2 Å². The Morgan fingerprint density at radius 2 is 0.633 bits per heavy atom. The molecule has 4 rings (SSSR count). The highest BCUT2D eigenvalue weighted by atomic mass is 35.5. The van der Waals surface area contributed by atoms with Gasteiger partial charge >= 0.3 is 0 Å². The summed E-state index contributed by atoms with van der Waals surface area (Å²) in [4.78, 5) is 2.87. The lowest BCUT2D eigenvalue weighted by atomic mass is 10.1. The van der Waals surface area contributed by atoms with Crippen molar-refractivity contribution >= 4 is 45.6 Å². The molecule has 2 nitrogen and oxygen atoms in total. The fourth-order valence-electron chi connectivity index (χ4n) is 2.93. The molecule has 0 bridgehead atoms. The van der Waals surface area contributed by atoms with Crippen LogP contribution in [0, 0.1) is 0 Å². The summed E-state index contributed by atoms with van der Waals surface area (Å²) in [5.74, 6) is 0. The Morgan fingerprint density at radius 1 is 0.400 bits per heavy atom. The zero-order chi connectivity index (χ0) is 21.1. The maximum absolute atomic E-state index is 12.7. The minimum absolute atomic E-state index is 0.617. The van der Waals surface area contributed by atoms with Gasteiger partial charge in [0, 0.05) is 32.4 Å². The van der Waals surface area contributed by atoms with E-state index in [1.54, 1.807) is 48.5 Å². The third-order valence-corrected chi connectivity index (χ3v) is 7.83. The molecule has 0 spiro atoms. The van der Waals surface area contributed by atoms with Crippen molar-refractivity contribution in [3.8, 4) is 11.1 Å². The average Bonchev–Trinajstić information content (AvgIpc) is 2.79. The first kappa shape index (κ1) is 21.3. The van der Waals surface area contributed by atoms with Crippen molar-refractivity contribution in [3.63, 3.8) is 0 Å². The van der Waals surface area contributed by atoms with Crippen molar-refractivity contribution in [1.82, 2.24) is 0 Å². The normalized spacial score (nSPS) is 13.1. The largest absolute Gasteiger partial charge is 0.606 e. The summed E-state index contributed by atoms with van der Waals surface area (Å²) in [7, 11) is 0. The second-order valence-electron chi connectivity index (χ2n) is 6.49. The van der Waals surface area contributed by atoms with Gasteiger partial charge in [-0.05, 0) is 108 Å². The van der Waals surface area contributed by atoms with Crippen LogP contribution in [0.5, 0.6) is 0 Å². The molecule has 0 aromatic heterocycles. The smallest absolute Gasteiger partial charge is 0.158 e. The first-order valence-electron chi connectivity index (χ1n) is 9.06. The van der Waals surface area contributed by atoms with Crippen LogP contribution in [-0.4, -0.2) is 9.11 Å². The summed E-state index contributed by atoms with van der Waals surface area (Å²) >= 11 is 9.28. The maximum atomic E-state index is 12.7. The highest BCUT2D eigenvalue weighted by Gasteiger charge is 2.16. The predicted octanol–water partition coefficient (Wildman–Crippen LogP) is 6.99. The molecule has 150 valence electrons. The van der Waals surface area contributed by atoms with Crippen LogP contribution in [0.3, 0.4) is 0 Å². The monoisotopic (exact) mass is 470 g/mol. The Kier molecular flexibility index (Phi) is 6.74. The maximum Gasteiger partial charge on any atom is 0.158 e. The second-order valence-corrected chi connectivity index (χ2v) is 10.3. The molecule has 0 saturated heterocycles. The first-order valence-corrected chi connectivity index (χ1v) is 12.1. The topological polar surface area (TPSA) is 46.1 Å². The lowest BCUT2D eigenvalue weighted by molar-refractivity contribution is 0.594. The van der Waals surface area contributed by atoms with E-state index in [4.69, 9.17) is 23.2 Å². The molecular weight excluding hydrogens is 455 g/mol. The molecule has 0 saturated carbocycles. The fourth-order valence-corrected chi connectivity index (χ4v) is 5.26. The summed E-state index contributed by atoms with van der Waals surface area (Å²) in [6, 6.07) is 29.2. The van der Waals surface area contributed by atoms with E-state index < -0.39 is 22.4 Å². The van der Waals surface area contributed by atoms with Gasteiger partial charge in [0.1, 0.15) is 0 Å². The van der Waals surface area contributed by atoms with Gasteiger partial charge in [-0.3, -0.25) is 0 Å². The molecular formula is C24H16Cl2O2S2. The van der Waals surface area contributed by atoms with Crippen LogP contribution in [0.2, 0.25) is 10.0 Å². The third kappa shape index (κ3) is 4.86. The zero-order valence-corrected chi connectivity index (χ0v) is 18.8. The SMILES string of the molecule is [O-][S+](c1ccc(Cl)cc1)c1ccc(-c2ccc([S+]([O-])c3ccc(Cl)cc3)cc2)cc1. The van der Waals surface area contributed by atoms with Crippen LogP contribution in [0.1, 0.15) is 0 Å². The van der Waals surface area contributed by atoms with Gasteiger partial charge in [0.05, 0.1) is 0 Å². The molecule has 2 atom stereocenters. The predicted molar refractivity (Wildman–Crippen MR) is 124 cm³/mol. The lowest BCUT2D eigenvalue weighted by Gasteiger charge is -2.12.